The van der Waals surface area contributed by atoms with Crippen molar-refractivity contribution in [3.8, 4) is 0 Å². The third-order valence-electron chi connectivity index (χ3n) is 3.48. The number of thioether (sulfide) groups is 1. The van der Waals surface area contributed by atoms with Crippen LogP contribution in [0.2, 0.25) is 0 Å². The van der Waals surface area contributed by atoms with Crippen molar-refractivity contribution in [2.45, 2.75) is 13.3 Å². The zero-order chi connectivity index (χ0) is 16.5. The molecular weight excluding hydrogens is 306 g/mol. The van der Waals surface area contributed by atoms with Crippen LogP contribution >= 0.6 is 11.8 Å². The average Bonchev–Trinajstić information content (AvgIpc) is 2.57. The van der Waals surface area contributed by atoms with E-state index in [-0.39, 0.29) is 18.4 Å². The molecule has 122 valence electrons. The molecule has 0 aliphatic heterocycles. The highest BCUT2D eigenvalue weighted by atomic mass is 32.2. The van der Waals surface area contributed by atoms with Crippen LogP contribution in [0.3, 0.4) is 0 Å². The number of carbonyl (C=O) groups excluding carboxylic acids is 1. The molecule has 1 unspecified atom stereocenters. The smallest absolute Gasteiger partial charge is 0.234 e. The summed E-state index contributed by atoms with van der Waals surface area (Å²) in [4.78, 5) is 12.1. The third kappa shape index (κ3) is 6.08. The number of hydrogen-bond donors (Lipinski definition) is 2. The van der Waals surface area contributed by atoms with Crippen LogP contribution < -0.4 is 5.32 Å². The molecule has 23 heavy (non-hydrogen) atoms. The number of rotatable bonds is 8. The van der Waals surface area contributed by atoms with Gasteiger partial charge in [-0.2, -0.15) is 11.8 Å². The van der Waals surface area contributed by atoms with Crippen LogP contribution in [-0.4, -0.2) is 29.1 Å². The van der Waals surface area contributed by atoms with Crippen molar-refractivity contribution in [2.75, 3.05) is 23.4 Å². The van der Waals surface area contributed by atoms with E-state index in [9.17, 15) is 4.79 Å². The predicted molar refractivity (Wildman–Crippen MR) is 97.9 cm³/mol. The first kappa shape index (κ1) is 17.6. The van der Waals surface area contributed by atoms with Gasteiger partial charge >= 0.3 is 0 Å². The number of carbonyl (C=O) groups is 1. The zero-order valence-electron chi connectivity index (χ0n) is 13.4. The van der Waals surface area contributed by atoms with Crippen LogP contribution in [0.1, 0.15) is 18.1 Å². The van der Waals surface area contributed by atoms with Crippen molar-refractivity contribution in [1.82, 2.24) is 0 Å². The van der Waals surface area contributed by atoms with Crippen LogP contribution in [0.5, 0.6) is 0 Å². The first-order chi connectivity index (χ1) is 11.2. The topological polar surface area (TPSA) is 49.3 Å². The van der Waals surface area contributed by atoms with E-state index >= 15 is 0 Å². The van der Waals surface area contributed by atoms with E-state index in [1.54, 1.807) is 11.8 Å². The van der Waals surface area contributed by atoms with E-state index in [1.807, 2.05) is 49.4 Å². The third-order valence-corrected chi connectivity index (χ3v) is 4.75. The highest BCUT2D eigenvalue weighted by Gasteiger charge is 2.08. The lowest BCUT2D eigenvalue weighted by molar-refractivity contribution is -0.113. The molecule has 1 atom stereocenters. The highest BCUT2D eigenvalue weighted by Crippen LogP contribution is 2.19. The lowest BCUT2D eigenvalue weighted by Gasteiger charge is -2.12. The lowest BCUT2D eigenvalue weighted by Crippen LogP contribution is -2.16. The Morgan fingerprint density at radius 1 is 1.13 bits per heavy atom. The molecule has 0 aliphatic carbocycles. The maximum absolute atomic E-state index is 12.1. The van der Waals surface area contributed by atoms with Gasteiger partial charge in [0.1, 0.15) is 0 Å². The van der Waals surface area contributed by atoms with E-state index in [4.69, 9.17) is 5.11 Å². The van der Waals surface area contributed by atoms with Crippen LogP contribution in [0.25, 0.3) is 0 Å². The molecule has 0 saturated carbocycles. The summed E-state index contributed by atoms with van der Waals surface area (Å²) in [6.45, 7) is 2.13. The van der Waals surface area contributed by atoms with Gasteiger partial charge in [0.2, 0.25) is 5.91 Å². The maximum Gasteiger partial charge on any atom is 0.234 e. The standard InChI is InChI=1S/C19H23NO2S/c1-15(12-21)13-23-14-19(22)20-18-10-6-5-9-17(18)11-16-7-3-2-4-8-16/h2-10,15,21H,11-14H2,1H3,(H,20,22). The van der Waals surface area contributed by atoms with E-state index in [2.05, 4.69) is 17.4 Å². The molecule has 0 radical (unpaired) electrons. The molecule has 0 fully saturated rings. The largest absolute Gasteiger partial charge is 0.396 e. The Bertz CT molecular complexity index is 616. The van der Waals surface area contributed by atoms with Gasteiger partial charge in [0, 0.05) is 12.3 Å². The fraction of sp³-hybridized carbons (Fsp3) is 0.316. The van der Waals surface area contributed by atoms with Crippen molar-refractivity contribution in [3.05, 3.63) is 65.7 Å². The molecule has 0 aromatic heterocycles. The Hall–Kier alpha value is -1.78. The SMILES string of the molecule is CC(CO)CSCC(=O)Nc1ccccc1Cc1ccccc1. The van der Waals surface area contributed by atoms with E-state index < -0.39 is 0 Å². The van der Waals surface area contributed by atoms with Crippen molar-refractivity contribution in [2.24, 2.45) is 5.92 Å². The molecule has 0 heterocycles. The minimum absolute atomic E-state index is 0.000603. The van der Waals surface area contributed by atoms with E-state index in [1.165, 1.54) is 5.56 Å². The van der Waals surface area contributed by atoms with E-state index in [0.717, 1.165) is 23.4 Å². The summed E-state index contributed by atoms with van der Waals surface area (Å²) in [6.07, 6.45) is 0.798. The zero-order valence-corrected chi connectivity index (χ0v) is 14.2. The van der Waals surface area contributed by atoms with Gasteiger partial charge in [-0.05, 0) is 35.3 Å². The molecule has 4 heteroatoms. The van der Waals surface area contributed by atoms with Crippen LogP contribution in [0.4, 0.5) is 5.69 Å². The molecule has 2 aromatic rings. The van der Waals surface area contributed by atoms with E-state index in [0.29, 0.717) is 5.75 Å². The minimum atomic E-state index is 0.000603. The number of benzene rings is 2. The maximum atomic E-state index is 12.1. The Balaban J connectivity index is 1.93. The van der Waals surface area contributed by atoms with Gasteiger partial charge < -0.3 is 10.4 Å². The second-order valence-corrected chi connectivity index (χ2v) is 6.70. The minimum Gasteiger partial charge on any atom is -0.396 e. The van der Waals surface area contributed by atoms with Gasteiger partial charge in [0.15, 0.2) is 0 Å². The number of hydrogen-bond acceptors (Lipinski definition) is 3. The van der Waals surface area contributed by atoms with Gasteiger partial charge in [-0.3, -0.25) is 4.79 Å². The fourth-order valence-electron chi connectivity index (χ4n) is 2.20. The normalized spacial score (nSPS) is 11.9. The number of aliphatic hydroxyl groups is 1. The van der Waals surface area contributed by atoms with Gasteiger partial charge in [0.05, 0.1) is 5.75 Å². The predicted octanol–water partition coefficient (Wildman–Crippen LogP) is 3.58. The molecule has 0 saturated heterocycles. The average molecular weight is 329 g/mol. The molecule has 0 bridgehead atoms. The number of nitrogens with one attached hydrogen (secondary N) is 1. The summed E-state index contributed by atoms with van der Waals surface area (Å²) >= 11 is 1.55. The summed E-state index contributed by atoms with van der Waals surface area (Å²) in [5, 5.41) is 12.0. The van der Waals surface area contributed by atoms with Crippen molar-refractivity contribution < 1.29 is 9.90 Å². The number of amides is 1. The Kier molecular flexibility index (Phi) is 7.17. The van der Waals surface area contributed by atoms with Crippen LogP contribution in [-0.2, 0) is 11.2 Å². The van der Waals surface area contributed by atoms with Gasteiger partial charge in [0.25, 0.3) is 0 Å². The number of para-hydroxylation sites is 1. The molecule has 2 N–H and O–H groups in total. The number of aliphatic hydroxyl groups excluding tert-OH is 1. The van der Waals surface area contributed by atoms with Gasteiger partial charge in [-0.1, -0.05) is 55.5 Å². The number of anilines is 1. The van der Waals surface area contributed by atoms with Gasteiger partial charge in [-0.15, -0.1) is 0 Å². The van der Waals surface area contributed by atoms with Crippen molar-refractivity contribution >= 4 is 23.4 Å². The Morgan fingerprint density at radius 2 is 1.83 bits per heavy atom. The van der Waals surface area contributed by atoms with Crippen molar-refractivity contribution in [1.29, 1.82) is 0 Å². The molecule has 2 rings (SSSR count). The summed E-state index contributed by atoms with van der Waals surface area (Å²) in [5.74, 6) is 1.42. The quantitative estimate of drug-likeness (QED) is 0.778. The first-order valence-corrected chi connectivity index (χ1v) is 8.94. The Labute approximate surface area is 142 Å². The lowest BCUT2D eigenvalue weighted by atomic mass is 10.0. The Morgan fingerprint density at radius 3 is 2.57 bits per heavy atom. The fourth-order valence-corrected chi connectivity index (χ4v) is 3.09. The summed E-state index contributed by atoms with van der Waals surface area (Å²) in [5.41, 5.74) is 3.21. The molecular formula is C19H23NO2S. The summed E-state index contributed by atoms with van der Waals surface area (Å²) in [7, 11) is 0. The van der Waals surface area contributed by atoms with Crippen molar-refractivity contribution in [3.63, 3.8) is 0 Å². The summed E-state index contributed by atoms with van der Waals surface area (Å²) in [6, 6.07) is 18.1. The second kappa shape index (κ2) is 9.38. The molecule has 3 nitrogen and oxygen atoms in total. The monoisotopic (exact) mass is 329 g/mol. The van der Waals surface area contributed by atoms with Gasteiger partial charge in [-0.25, -0.2) is 0 Å². The molecule has 1 amide bonds. The van der Waals surface area contributed by atoms with Crippen LogP contribution in [0.15, 0.2) is 54.6 Å². The first-order valence-electron chi connectivity index (χ1n) is 7.79. The molecule has 0 aliphatic rings. The second-order valence-electron chi connectivity index (χ2n) is 5.67. The van der Waals surface area contributed by atoms with Crippen LogP contribution in [0, 0.1) is 5.92 Å². The molecule has 0 spiro atoms. The molecule has 2 aromatic carbocycles. The summed E-state index contributed by atoms with van der Waals surface area (Å²) < 4.78 is 0. The highest BCUT2D eigenvalue weighted by molar-refractivity contribution is 7.99.